The van der Waals surface area contributed by atoms with E-state index in [0.717, 1.165) is 48.0 Å². The highest BCUT2D eigenvalue weighted by Gasteiger charge is 2.20. The van der Waals surface area contributed by atoms with Crippen LogP contribution in [-0.2, 0) is 13.0 Å². The Labute approximate surface area is 222 Å². The van der Waals surface area contributed by atoms with Crippen LogP contribution in [0.2, 0.25) is 0 Å². The molecule has 2 heterocycles. The molecule has 0 unspecified atom stereocenters. The summed E-state index contributed by atoms with van der Waals surface area (Å²) in [6.07, 6.45) is 0.931. The van der Waals surface area contributed by atoms with Gasteiger partial charge in [0.1, 0.15) is 0 Å². The van der Waals surface area contributed by atoms with Gasteiger partial charge in [0.2, 0.25) is 17.0 Å². The maximum atomic E-state index is 5.64. The van der Waals surface area contributed by atoms with E-state index >= 15 is 0 Å². The van der Waals surface area contributed by atoms with Gasteiger partial charge in [0.05, 0.1) is 0 Å². The van der Waals surface area contributed by atoms with Gasteiger partial charge in [-0.15, -0.1) is 0 Å². The Balaban J connectivity index is 1.34. The molecular formula is C29H29N7S. The van der Waals surface area contributed by atoms with E-state index in [-0.39, 0.29) is 0 Å². The van der Waals surface area contributed by atoms with Crippen molar-refractivity contribution in [2.24, 2.45) is 4.99 Å². The summed E-state index contributed by atoms with van der Waals surface area (Å²) >= 11 is 5.64. The zero-order valence-corrected chi connectivity index (χ0v) is 21.7. The highest BCUT2D eigenvalue weighted by atomic mass is 32.1. The zero-order valence-electron chi connectivity index (χ0n) is 20.9. The molecule has 0 amide bonds. The first kappa shape index (κ1) is 24.4. The van der Waals surface area contributed by atoms with Crippen LogP contribution in [0.15, 0.2) is 89.9 Å². The number of thiocarbonyl (C=S) groups is 1. The van der Waals surface area contributed by atoms with Gasteiger partial charge in [0, 0.05) is 41.5 Å². The summed E-state index contributed by atoms with van der Waals surface area (Å²) in [6, 6.07) is 28.5. The largest absolute Gasteiger partial charge is 0.356 e. The maximum absolute atomic E-state index is 5.64. The topological polar surface area (TPSA) is 77.5 Å². The third-order valence-corrected chi connectivity index (χ3v) is 6.24. The summed E-state index contributed by atoms with van der Waals surface area (Å²) in [7, 11) is 0. The second-order valence-electron chi connectivity index (χ2n) is 8.97. The summed E-state index contributed by atoms with van der Waals surface area (Å²) in [5, 5.41) is 10.3. The van der Waals surface area contributed by atoms with Crippen molar-refractivity contribution in [3.05, 3.63) is 107 Å². The van der Waals surface area contributed by atoms with Crippen molar-refractivity contribution in [2.45, 2.75) is 26.8 Å². The molecule has 3 N–H and O–H groups in total. The predicted octanol–water partition coefficient (Wildman–Crippen LogP) is 6.06. The first-order chi connectivity index (χ1) is 18.0. The number of para-hydroxylation sites is 1. The Morgan fingerprint density at radius 3 is 2.14 bits per heavy atom. The molecule has 0 aliphatic carbocycles. The molecule has 1 aliphatic rings. The molecule has 0 saturated heterocycles. The lowest BCUT2D eigenvalue weighted by Gasteiger charge is -2.31. The molecule has 0 radical (unpaired) electrons. The van der Waals surface area contributed by atoms with Gasteiger partial charge in [-0.2, -0.15) is 4.99 Å². The average Bonchev–Trinajstić information content (AvgIpc) is 2.89. The lowest BCUT2D eigenvalue weighted by atomic mass is 10.0. The van der Waals surface area contributed by atoms with Crippen LogP contribution in [0.3, 0.4) is 0 Å². The van der Waals surface area contributed by atoms with E-state index < -0.39 is 0 Å². The number of hydrogen-bond donors (Lipinski definition) is 3. The van der Waals surface area contributed by atoms with Gasteiger partial charge in [-0.1, -0.05) is 42.5 Å². The SMILES string of the molecule is Cc1cc(C)nc(N/C(=N/C(=S)Nc2ccc(Nc3ccccc3)cc2)N2CCc3ccccc3C2)n1. The van der Waals surface area contributed by atoms with Gasteiger partial charge in [-0.25, -0.2) is 9.97 Å². The van der Waals surface area contributed by atoms with Crippen LogP contribution in [0, 0.1) is 13.8 Å². The fourth-order valence-corrected chi connectivity index (χ4v) is 4.51. The fraction of sp³-hybridized carbons (Fsp3) is 0.172. The van der Waals surface area contributed by atoms with Gasteiger partial charge in [-0.3, -0.25) is 5.32 Å². The van der Waals surface area contributed by atoms with E-state index in [4.69, 9.17) is 17.2 Å². The normalized spacial score (nSPS) is 13.0. The minimum Gasteiger partial charge on any atom is -0.356 e. The molecule has 4 aromatic rings. The number of benzene rings is 3. The molecule has 7 nitrogen and oxygen atoms in total. The Hall–Kier alpha value is -4.30. The number of hydrogen-bond acceptors (Lipinski definition) is 4. The molecule has 3 aromatic carbocycles. The van der Waals surface area contributed by atoms with E-state index in [2.05, 4.69) is 55.1 Å². The molecule has 8 heteroatoms. The first-order valence-corrected chi connectivity index (χ1v) is 12.7. The molecule has 1 aliphatic heterocycles. The molecule has 1 aromatic heterocycles. The van der Waals surface area contributed by atoms with Crippen molar-refractivity contribution < 1.29 is 0 Å². The number of nitrogens with one attached hydrogen (secondary N) is 3. The van der Waals surface area contributed by atoms with E-state index in [9.17, 15) is 0 Å². The third-order valence-electron chi connectivity index (χ3n) is 6.04. The van der Waals surface area contributed by atoms with E-state index in [1.54, 1.807) is 0 Å². The van der Waals surface area contributed by atoms with Crippen molar-refractivity contribution in [1.29, 1.82) is 0 Å². The Kier molecular flexibility index (Phi) is 7.37. The van der Waals surface area contributed by atoms with Crippen molar-refractivity contribution in [2.75, 3.05) is 22.5 Å². The summed E-state index contributed by atoms with van der Waals surface area (Å²) in [4.78, 5) is 16.1. The van der Waals surface area contributed by atoms with Crippen LogP contribution in [0.4, 0.5) is 23.0 Å². The molecule has 0 spiro atoms. The highest BCUT2D eigenvalue weighted by molar-refractivity contribution is 7.80. The Morgan fingerprint density at radius 1 is 0.784 bits per heavy atom. The Morgan fingerprint density at radius 2 is 1.41 bits per heavy atom. The summed E-state index contributed by atoms with van der Waals surface area (Å²) in [5.74, 6) is 1.13. The number of aliphatic imine (C=N–C) groups is 1. The summed E-state index contributed by atoms with van der Waals surface area (Å²) < 4.78 is 0. The lowest BCUT2D eigenvalue weighted by molar-refractivity contribution is 0.393. The molecular weight excluding hydrogens is 478 g/mol. The predicted molar refractivity (Wildman–Crippen MR) is 156 cm³/mol. The smallest absolute Gasteiger partial charge is 0.229 e. The Bertz CT molecular complexity index is 1400. The number of aromatic nitrogens is 2. The second-order valence-corrected chi connectivity index (χ2v) is 9.36. The molecule has 37 heavy (non-hydrogen) atoms. The average molecular weight is 508 g/mol. The molecule has 5 rings (SSSR count). The number of fused-ring (bicyclic) bond motifs is 1. The van der Waals surface area contributed by atoms with E-state index in [1.165, 1.54) is 11.1 Å². The molecule has 0 saturated carbocycles. The monoisotopic (exact) mass is 507 g/mol. The fourth-order valence-electron chi connectivity index (χ4n) is 4.31. The second kappa shape index (κ2) is 11.2. The van der Waals surface area contributed by atoms with E-state index in [1.807, 2.05) is 74.5 Å². The number of guanidine groups is 1. The van der Waals surface area contributed by atoms with Gasteiger partial charge in [-0.05, 0) is 86.1 Å². The van der Waals surface area contributed by atoms with Crippen LogP contribution < -0.4 is 16.0 Å². The minimum absolute atomic E-state index is 0.356. The summed E-state index contributed by atoms with van der Waals surface area (Å²) in [5.41, 5.74) is 7.32. The van der Waals surface area contributed by atoms with Crippen molar-refractivity contribution in [3.63, 3.8) is 0 Å². The van der Waals surface area contributed by atoms with Crippen LogP contribution >= 0.6 is 12.2 Å². The van der Waals surface area contributed by atoms with Gasteiger partial charge in [0.15, 0.2) is 0 Å². The molecule has 0 atom stereocenters. The van der Waals surface area contributed by atoms with Gasteiger partial charge in [0.25, 0.3) is 0 Å². The van der Waals surface area contributed by atoms with Crippen molar-refractivity contribution >= 4 is 46.3 Å². The molecule has 0 fully saturated rings. The van der Waals surface area contributed by atoms with Gasteiger partial charge >= 0.3 is 0 Å². The standard InChI is InChI=1S/C29H29N7S/c1-20-18-21(2)31-27(30-20)34-28(36-17-16-22-8-6-7-9-23(22)19-36)35-29(37)33-26-14-12-25(13-15-26)32-24-10-4-3-5-11-24/h3-15,18,32H,16-17,19H2,1-2H3,(H2,30,31,33,34,35,37). The van der Waals surface area contributed by atoms with Crippen molar-refractivity contribution in [1.82, 2.24) is 14.9 Å². The van der Waals surface area contributed by atoms with Crippen LogP contribution in [0.5, 0.6) is 0 Å². The number of nitrogens with zero attached hydrogens (tertiary/aromatic N) is 4. The van der Waals surface area contributed by atoms with E-state index in [0.29, 0.717) is 17.0 Å². The minimum atomic E-state index is 0.356. The maximum Gasteiger partial charge on any atom is 0.229 e. The molecule has 186 valence electrons. The van der Waals surface area contributed by atoms with Crippen LogP contribution in [-0.4, -0.2) is 32.5 Å². The third kappa shape index (κ3) is 6.48. The number of aryl methyl sites for hydroxylation is 2. The highest BCUT2D eigenvalue weighted by Crippen LogP contribution is 2.21. The zero-order chi connectivity index (χ0) is 25.6. The van der Waals surface area contributed by atoms with Gasteiger partial charge < -0.3 is 15.5 Å². The molecule has 0 bridgehead atoms. The van der Waals surface area contributed by atoms with Crippen molar-refractivity contribution in [3.8, 4) is 0 Å². The first-order valence-electron chi connectivity index (χ1n) is 12.2. The number of anilines is 4. The quantitative estimate of drug-likeness (QED) is 0.176. The van der Waals surface area contributed by atoms with Crippen LogP contribution in [0.25, 0.3) is 0 Å². The summed E-state index contributed by atoms with van der Waals surface area (Å²) in [6.45, 7) is 5.46. The van der Waals surface area contributed by atoms with Crippen LogP contribution in [0.1, 0.15) is 22.5 Å². The lowest BCUT2D eigenvalue weighted by Crippen LogP contribution is -2.41. The number of rotatable bonds is 4.